The van der Waals surface area contributed by atoms with Crippen LogP contribution in [-0.2, 0) is 6.54 Å². The first kappa shape index (κ1) is 31.3. The molecule has 0 saturated heterocycles. The summed E-state index contributed by atoms with van der Waals surface area (Å²) >= 11 is 3.18. The first-order chi connectivity index (χ1) is 23.0. The van der Waals surface area contributed by atoms with E-state index in [0.717, 1.165) is 48.2 Å². The average Bonchev–Trinajstić information content (AvgIpc) is 3.74. The molecule has 0 fully saturated rings. The maximum atomic E-state index is 5.75. The van der Waals surface area contributed by atoms with Gasteiger partial charge in [-0.05, 0) is 97.8 Å². The van der Waals surface area contributed by atoms with Crippen molar-refractivity contribution in [1.82, 2.24) is 24.9 Å². The van der Waals surface area contributed by atoms with Crippen molar-refractivity contribution in [3.63, 3.8) is 0 Å². The minimum absolute atomic E-state index is 0.583. The molecule has 7 rings (SSSR count). The quantitative estimate of drug-likeness (QED) is 0.120. The van der Waals surface area contributed by atoms with Gasteiger partial charge in [0.05, 0.1) is 43.4 Å². The third-order valence-electron chi connectivity index (χ3n) is 6.77. The zero-order valence-electron chi connectivity index (χ0n) is 25.9. The van der Waals surface area contributed by atoms with Crippen molar-refractivity contribution < 1.29 is 0 Å². The average molecular weight is 656 g/mol. The van der Waals surface area contributed by atoms with Crippen molar-refractivity contribution >= 4 is 55.9 Å². The molecule has 0 aliphatic heterocycles. The number of aryl methyl sites for hydroxylation is 2. The molecule has 0 atom stereocenters. The molecule has 5 heterocycles. The Morgan fingerprint density at radius 3 is 1.77 bits per heavy atom. The van der Waals surface area contributed by atoms with Gasteiger partial charge in [0, 0.05) is 30.0 Å². The van der Waals surface area contributed by atoms with Crippen LogP contribution in [0, 0.1) is 13.8 Å². The number of anilines is 6. The van der Waals surface area contributed by atoms with E-state index in [-0.39, 0.29) is 0 Å². The summed E-state index contributed by atoms with van der Waals surface area (Å²) in [5.41, 5.74) is 12.9. The lowest BCUT2D eigenvalue weighted by Gasteiger charge is -2.06. The third kappa shape index (κ3) is 8.97. The molecule has 0 aliphatic carbocycles. The normalized spacial score (nSPS) is 10.5. The van der Waals surface area contributed by atoms with Crippen LogP contribution in [0.4, 0.5) is 33.3 Å². The number of benzene rings is 2. The van der Waals surface area contributed by atoms with Crippen molar-refractivity contribution in [3.05, 3.63) is 139 Å². The lowest BCUT2D eigenvalue weighted by atomic mass is 10.2. The second-order valence-corrected chi connectivity index (χ2v) is 12.8. The summed E-state index contributed by atoms with van der Waals surface area (Å²) in [6, 6.07) is 34.0. The van der Waals surface area contributed by atoms with Crippen LogP contribution in [0.1, 0.15) is 16.8 Å². The van der Waals surface area contributed by atoms with Crippen molar-refractivity contribution in [3.8, 4) is 21.1 Å². The maximum Gasteiger partial charge on any atom is 0.227 e. The number of aromatic nitrogens is 5. The molecule has 7 aromatic rings. The van der Waals surface area contributed by atoms with Crippen LogP contribution < -0.4 is 21.7 Å². The highest BCUT2D eigenvalue weighted by atomic mass is 32.1. The largest absolute Gasteiger partial charge is 0.391 e. The minimum atomic E-state index is 0.583. The van der Waals surface area contributed by atoms with Crippen molar-refractivity contribution in [2.75, 3.05) is 21.7 Å². The Morgan fingerprint density at radius 1 is 0.596 bits per heavy atom. The predicted molar refractivity (Wildman–Crippen MR) is 196 cm³/mol. The van der Waals surface area contributed by atoms with Gasteiger partial charge >= 0.3 is 0 Å². The van der Waals surface area contributed by atoms with Gasteiger partial charge in [0.1, 0.15) is 0 Å². The zero-order valence-corrected chi connectivity index (χ0v) is 27.5. The monoisotopic (exact) mass is 655 g/mol. The molecular weight excluding hydrogens is 623 g/mol. The number of hydrogen-bond acceptors (Lipinski definition) is 11. The Hall–Kier alpha value is -5.65. The molecule has 0 spiro atoms. The SMILES string of the molecule is Cc1cccc(Nc2nccc(-c3ccc(N)s3)n2)c1.Cc1cccc(Nc2nccc(-c3ccc(NCc4ccccn4)s3)n2)c1. The Morgan fingerprint density at radius 2 is 1.21 bits per heavy atom. The molecule has 0 bridgehead atoms. The van der Waals surface area contributed by atoms with E-state index in [9.17, 15) is 0 Å². The zero-order chi connectivity index (χ0) is 32.4. The smallest absolute Gasteiger partial charge is 0.227 e. The lowest BCUT2D eigenvalue weighted by molar-refractivity contribution is 1.05. The second-order valence-electron chi connectivity index (χ2n) is 10.6. The van der Waals surface area contributed by atoms with Gasteiger partial charge in [0.15, 0.2) is 0 Å². The van der Waals surface area contributed by atoms with Crippen LogP contribution in [0.3, 0.4) is 0 Å². The van der Waals surface area contributed by atoms with Gasteiger partial charge in [-0.15, -0.1) is 22.7 Å². The molecular formula is C36H33N9S2. The number of nitrogens with zero attached hydrogens (tertiary/aromatic N) is 5. The molecule has 0 radical (unpaired) electrons. The van der Waals surface area contributed by atoms with E-state index >= 15 is 0 Å². The molecule has 234 valence electrons. The number of nitrogens with one attached hydrogen (secondary N) is 3. The summed E-state index contributed by atoms with van der Waals surface area (Å²) in [7, 11) is 0. The van der Waals surface area contributed by atoms with Gasteiger partial charge in [-0.2, -0.15) is 0 Å². The third-order valence-corrected chi connectivity index (χ3v) is 8.77. The molecule has 9 nitrogen and oxygen atoms in total. The number of rotatable bonds is 9. The minimum Gasteiger partial charge on any atom is -0.391 e. The van der Waals surface area contributed by atoms with E-state index in [1.54, 1.807) is 29.9 Å². The van der Waals surface area contributed by atoms with E-state index < -0.39 is 0 Å². The fourth-order valence-electron chi connectivity index (χ4n) is 4.56. The van der Waals surface area contributed by atoms with Gasteiger partial charge in [-0.1, -0.05) is 30.3 Å². The van der Waals surface area contributed by atoms with Gasteiger partial charge < -0.3 is 21.7 Å². The van der Waals surface area contributed by atoms with Gasteiger partial charge in [0.25, 0.3) is 0 Å². The van der Waals surface area contributed by atoms with Crippen LogP contribution in [0.15, 0.2) is 122 Å². The van der Waals surface area contributed by atoms with E-state index in [1.807, 2.05) is 66.7 Å². The summed E-state index contributed by atoms with van der Waals surface area (Å²) in [5.74, 6) is 1.18. The van der Waals surface area contributed by atoms with Crippen LogP contribution in [-0.4, -0.2) is 24.9 Å². The van der Waals surface area contributed by atoms with Crippen LogP contribution >= 0.6 is 22.7 Å². The fourth-order valence-corrected chi connectivity index (χ4v) is 6.17. The Kier molecular flexibility index (Phi) is 10.1. The summed E-state index contributed by atoms with van der Waals surface area (Å²) in [6.07, 6.45) is 5.33. The lowest BCUT2D eigenvalue weighted by Crippen LogP contribution is -1.99. The van der Waals surface area contributed by atoms with Gasteiger partial charge in [-0.25, -0.2) is 19.9 Å². The first-order valence-corrected chi connectivity index (χ1v) is 16.5. The summed E-state index contributed by atoms with van der Waals surface area (Å²) in [5, 5.41) is 11.8. The molecule has 0 amide bonds. The topological polar surface area (TPSA) is 127 Å². The molecule has 2 aromatic carbocycles. The molecule has 47 heavy (non-hydrogen) atoms. The summed E-state index contributed by atoms with van der Waals surface area (Å²) in [6.45, 7) is 4.81. The van der Waals surface area contributed by atoms with Crippen molar-refractivity contribution in [1.29, 1.82) is 0 Å². The molecule has 5 aromatic heterocycles. The summed E-state index contributed by atoms with van der Waals surface area (Å²) < 4.78 is 0. The van der Waals surface area contributed by atoms with E-state index in [4.69, 9.17) is 5.73 Å². The number of hydrogen-bond donors (Lipinski definition) is 4. The Labute approximate surface area is 281 Å². The molecule has 0 unspecified atom stereocenters. The molecule has 0 saturated carbocycles. The molecule has 5 N–H and O–H groups in total. The Balaban J connectivity index is 0.000000172. The van der Waals surface area contributed by atoms with Crippen LogP contribution in [0.5, 0.6) is 0 Å². The molecule has 0 aliphatic rings. The van der Waals surface area contributed by atoms with Crippen LogP contribution in [0.25, 0.3) is 21.1 Å². The fraction of sp³-hybridized carbons (Fsp3) is 0.0833. The maximum absolute atomic E-state index is 5.75. The van der Waals surface area contributed by atoms with Gasteiger partial charge in [-0.3, -0.25) is 4.98 Å². The van der Waals surface area contributed by atoms with Crippen molar-refractivity contribution in [2.45, 2.75) is 20.4 Å². The standard InChI is InChI=1S/C21H19N5S.C15H14N4S/c1-15-5-4-7-16(13-15)25-21-23-12-10-18(26-21)19-8-9-20(27-19)24-14-17-6-2-3-11-22-17;1-10-3-2-4-11(9-10)18-15-17-8-7-12(19-15)13-5-6-14(16)20-13/h2-13,24H,14H2,1H3,(H,23,25,26);2-9H,16H2,1H3,(H,17,18,19). The van der Waals surface area contributed by atoms with Crippen molar-refractivity contribution in [2.24, 2.45) is 0 Å². The number of thiophene rings is 2. The first-order valence-electron chi connectivity index (χ1n) is 14.9. The predicted octanol–water partition coefficient (Wildman–Crippen LogP) is 9.10. The second kappa shape index (κ2) is 15.1. The van der Waals surface area contributed by atoms with Gasteiger partial charge in [0.2, 0.25) is 11.9 Å². The Bertz CT molecular complexity index is 2060. The van der Waals surface area contributed by atoms with Crippen LogP contribution in [0.2, 0.25) is 0 Å². The summed E-state index contributed by atoms with van der Waals surface area (Å²) in [4.78, 5) is 24.2. The van der Waals surface area contributed by atoms with E-state index in [2.05, 4.69) is 91.1 Å². The number of pyridine rings is 1. The highest BCUT2D eigenvalue weighted by Gasteiger charge is 2.08. The molecule has 11 heteroatoms. The number of nitrogen functional groups attached to an aromatic ring is 1. The number of nitrogens with two attached hydrogens (primary N) is 1. The van der Waals surface area contributed by atoms with E-state index in [0.29, 0.717) is 18.4 Å². The highest BCUT2D eigenvalue weighted by Crippen LogP contribution is 2.31. The van der Waals surface area contributed by atoms with E-state index in [1.165, 1.54) is 22.5 Å². The highest BCUT2D eigenvalue weighted by molar-refractivity contribution is 7.19.